The molecule has 3 heteroatoms. The first-order valence-electron chi connectivity index (χ1n) is 5.33. The Morgan fingerprint density at radius 3 is 2.71 bits per heavy atom. The number of rotatable bonds is 5. The molecule has 0 bridgehead atoms. The molecule has 1 N–H and O–H groups in total. The summed E-state index contributed by atoms with van der Waals surface area (Å²) in [7, 11) is 2.00. The largest absolute Gasteiger partial charge is 0.332 e. The zero-order valence-corrected chi connectivity index (χ0v) is 9.62. The highest BCUT2D eigenvalue weighted by atomic mass is 15.1. The van der Waals surface area contributed by atoms with E-state index in [9.17, 15) is 0 Å². The monoisotopic (exact) mass is 195 g/mol. The zero-order chi connectivity index (χ0) is 10.6. The van der Waals surface area contributed by atoms with Gasteiger partial charge in [0.1, 0.15) is 0 Å². The molecule has 14 heavy (non-hydrogen) atoms. The molecule has 1 rings (SSSR count). The summed E-state index contributed by atoms with van der Waals surface area (Å²) in [6.07, 6.45) is 6.15. The van der Waals surface area contributed by atoms with Crippen LogP contribution in [0.4, 0.5) is 0 Å². The fourth-order valence-electron chi connectivity index (χ4n) is 1.50. The molecule has 0 aromatic carbocycles. The maximum atomic E-state index is 4.19. The van der Waals surface area contributed by atoms with E-state index in [-0.39, 0.29) is 0 Å². The lowest BCUT2D eigenvalue weighted by molar-refractivity contribution is 0.527. The molecule has 1 atom stereocenters. The standard InChI is InChI=1S/C11H21N3/c1-9(2)14-8-13-7-11(14)6-5-10(3)12-4/h7-10,12H,5-6H2,1-4H3. The predicted octanol–water partition coefficient (Wildman–Crippen LogP) is 2.00. The Balaban J connectivity index is 2.54. The van der Waals surface area contributed by atoms with Gasteiger partial charge in [-0.1, -0.05) is 0 Å². The average molecular weight is 195 g/mol. The highest BCUT2D eigenvalue weighted by Crippen LogP contribution is 2.11. The lowest BCUT2D eigenvalue weighted by Crippen LogP contribution is -2.22. The molecule has 0 spiro atoms. The van der Waals surface area contributed by atoms with Gasteiger partial charge in [-0.15, -0.1) is 0 Å². The third-order valence-electron chi connectivity index (χ3n) is 2.63. The summed E-state index contributed by atoms with van der Waals surface area (Å²) < 4.78 is 2.24. The maximum Gasteiger partial charge on any atom is 0.0950 e. The summed E-state index contributed by atoms with van der Waals surface area (Å²) >= 11 is 0. The molecule has 0 fully saturated rings. The van der Waals surface area contributed by atoms with E-state index in [1.54, 1.807) is 0 Å². The van der Waals surface area contributed by atoms with Crippen molar-refractivity contribution >= 4 is 0 Å². The smallest absolute Gasteiger partial charge is 0.0950 e. The van der Waals surface area contributed by atoms with Crippen LogP contribution in [0, 0.1) is 0 Å². The van der Waals surface area contributed by atoms with Crippen LogP contribution in [0.25, 0.3) is 0 Å². The molecule has 80 valence electrons. The van der Waals surface area contributed by atoms with E-state index in [1.165, 1.54) is 5.69 Å². The van der Waals surface area contributed by atoms with Gasteiger partial charge in [0.2, 0.25) is 0 Å². The Kier molecular flexibility index (Phi) is 4.14. The van der Waals surface area contributed by atoms with Gasteiger partial charge < -0.3 is 9.88 Å². The minimum absolute atomic E-state index is 0.511. The van der Waals surface area contributed by atoms with Gasteiger partial charge in [0.15, 0.2) is 0 Å². The molecule has 1 unspecified atom stereocenters. The highest BCUT2D eigenvalue weighted by molar-refractivity contribution is 5.00. The molecule has 0 saturated carbocycles. The van der Waals surface area contributed by atoms with Crippen molar-refractivity contribution in [3.8, 4) is 0 Å². The fraction of sp³-hybridized carbons (Fsp3) is 0.727. The van der Waals surface area contributed by atoms with Crippen molar-refractivity contribution in [2.45, 2.75) is 45.7 Å². The molecule has 0 saturated heterocycles. The molecule has 0 aliphatic heterocycles. The summed E-state index contributed by atoms with van der Waals surface area (Å²) in [6.45, 7) is 6.58. The molecule has 0 aliphatic rings. The van der Waals surface area contributed by atoms with Crippen molar-refractivity contribution in [2.75, 3.05) is 7.05 Å². The third kappa shape index (κ3) is 2.84. The SMILES string of the molecule is CNC(C)CCc1cncn1C(C)C. The van der Waals surface area contributed by atoms with Gasteiger partial charge >= 0.3 is 0 Å². The lowest BCUT2D eigenvalue weighted by Gasteiger charge is -2.13. The summed E-state index contributed by atoms with van der Waals surface area (Å²) in [5.74, 6) is 0. The van der Waals surface area contributed by atoms with Crippen LogP contribution in [0.3, 0.4) is 0 Å². The van der Waals surface area contributed by atoms with Crippen molar-refractivity contribution in [1.82, 2.24) is 14.9 Å². The number of aryl methyl sites for hydroxylation is 1. The van der Waals surface area contributed by atoms with Gasteiger partial charge in [0, 0.05) is 24.0 Å². The van der Waals surface area contributed by atoms with Crippen LogP contribution in [-0.2, 0) is 6.42 Å². The average Bonchev–Trinajstić information content (AvgIpc) is 2.62. The second-order valence-corrected chi connectivity index (χ2v) is 4.11. The first kappa shape index (κ1) is 11.2. The Morgan fingerprint density at radius 1 is 1.43 bits per heavy atom. The predicted molar refractivity (Wildman–Crippen MR) is 59.5 cm³/mol. The van der Waals surface area contributed by atoms with E-state index < -0.39 is 0 Å². The van der Waals surface area contributed by atoms with Crippen molar-refractivity contribution in [3.05, 3.63) is 18.2 Å². The Bertz CT molecular complexity index is 265. The second-order valence-electron chi connectivity index (χ2n) is 4.11. The van der Waals surface area contributed by atoms with Gasteiger partial charge in [-0.25, -0.2) is 4.98 Å². The van der Waals surface area contributed by atoms with E-state index in [0.29, 0.717) is 12.1 Å². The minimum atomic E-state index is 0.511. The van der Waals surface area contributed by atoms with E-state index in [4.69, 9.17) is 0 Å². The van der Waals surface area contributed by atoms with Crippen LogP contribution in [0.2, 0.25) is 0 Å². The maximum absolute atomic E-state index is 4.19. The fourth-order valence-corrected chi connectivity index (χ4v) is 1.50. The Labute approximate surface area is 86.5 Å². The number of nitrogens with one attached hydrogen (secondary N) is 1. The normalized spacial score (nSPS) is 13.5. The molecule has 3 nitrogen and oxygen atoms in total. The van der Waals surface area contributed by atoms with Crippen molar-refractivity contribution in [2.24, 2.45) is 0 Å². The number of hydrogen-bond donors (Lipinski definition) is 1. The quantitative estimate of drug-likeness (QED) is 0.779. The van der Waals surface area contributed by atoms with Gasteiger partial charge in [-0.3, -0.25) is 0 Å². The molecule has 0 aliphatic carbocycles. The molecule has 1 heterocycles. The van der Waals surface area contributed by atoms with Crippen molar-refractivity contribution < 1.29 is 0 Å². The van der Waals surface area contributed by atoms with Gasteiger partial charge in [-0.2, -0.15) is 0 Å². The van der Waals surface area contributed by atoms with Crippen LogP contribution >= 0.6 is 0 Å². The van der Waals surface area contributed by atoms with Crippen molar-refractivity contribution in [3.63, 3.8) is 0 Å². The second kappa shape index (κ2) is 5.15. The zero-order valence-electron chi connectivity index (χ0n) is 9.62. The van der Waals surface area contributed by atoms with Crippen LogP contribution in [0.15, 0.2) is 12.5 Å². The first-order chi connectivity index (χ1) is 6.65. The summed E-state index contributed by atoms with van der Waals surface area (Å²) in [4.78, 5) is 4.19. The molecule has 1 aromatic heterocycles. The summed E-state index contributed by atoms with van der Waals surface area (Å²) in [6, 6.07) is 1.09. The van der Waals surface area contributed by atoms with Gasteiger partial charge in [0.05, 0.1) is 6.33 Å². The van der Waals surface area contributed by atoms with Gasteiger partial charge in [0.25, 0.3) is 0 Å². The molecule has 1 aromatic rings. The summed E-state index contributed by atoms with van der Waals surface area (Å²) in [5, 5.41) is 3.25. The number of imidazole rings is 1. The molecular weight excluding hydrogens is 174 g/mol. The Morgan fingerprint density at radius 2 is 2.14 bits per heavy atom. The van der Waals surface area contributed by atoms with Crippen LogP contribution in [0.1, 0.15) is 38.9 Å². The number of nitrogens with zero attached hydrogens (tertiary/aromatic N) is 2. The third-order valence-corrected chi connectivity index (χ3v) is 2.63. The number of hydrogen-bond acceptors (Lipinski definition) is 2. The van der Waals surface area contributed by atoms with Gasteiger partial charge in [-0.05, 0) is 40.7 Å². The topological polar surface area (TPSA) is 29.9 Å². The minimum Gasteiger partial charge on any atom is -0.332 e. The van der Waals surface area contributed by atoms with E-state index >= 15 is 0 Å². The van der Waals surface area contributed by atoms with Crippen LogP contribution in [0.5, 0.6) is 0 Å². The van der Waals surface area contributed by atoms with E-state index in [0.717, 1.165) is 12.8 Å². The molecular formula is C11H21N3. The Hall–Kier alpha value is -0.830. The van der Waals surface area contributed by atoms with Crippen molar-refractivity contribution in [1.29, 1.82) is 0 Å². The molecule has 0 radical (unpaired) electrons. The highest BCUT2D eigenvalue weighted by Gasteiger charge is 2.06. The molecule has 0 amide bonds. The number of aromatic nitrogens is 2. The van der Waals surface area contributed by atoms with E-state index in [2.05, 4.69) is 35.6 Å². The summed E-state index contributed by atoms with van der Waals surface area (Å²) in [5.41, 5.74) is 1.34. The lowest BCUT2D eigenvalue weighted by atomic mass is 10.1. The van der Waals surface area contributed by atoms with Crippen LogP contribution < -0.4 is 5.32 Å². The van der Waals surface area contributed by atoms with E-state index in [1.807, 2.05) is 19.6 Å². The van der Waals surface area contributed by atoms with Crippen LogP contribution in [-0.4, -0.2) is 22.6 Å². The first-order valence-corrected chi connectivity index (χ1v) is 5.33.